The average molecular weight is 487 g/mol. The fourth-order valence-electron chi connectivity index (χ4n) is 5.25. The van der Waals surface area contributed by atoms with Gasteiger partial charge in [0.2, 0.25) is 5.91 Å². The minimum absolute atomic E-state index is 0.0524. The average Bonchev–Trinajstić information content (AvgIpc) is 3.43. The van der Waals surface area contributed by atoms with Gasteiger partial charge in [0.15, 0.2) is 0 Å². The third kappa shape index (κ3) is 4.12. The lowest BCUT2D eigenvalue weighted by molar-refractivity contribution is -0.118. The second-order valence-electron chi connectivity index (χ2n) is 10.3. The molecule has 5 rings (SSSR count). The van der Waals surface area contributed by atoms with Crippen LogP contribution in [-0.2, 0) is 4.79 Å². The first kappa shape index (κ1) is 23.6. The topological polar surface area (TPSA) is 146 Å². The molecule has 10 nitrogen and oxygen atoms in total. The molecule has 4 heterocycles. The number of nitriles is 1. The van der Waals surface area contributed by atoms with E-state index in [1.165, 1.54) is 6.20 Å². The summed E-state index contributed by atoms with van der Waals surface area (Å²) in [5.74, 6) is -0.686. The highest BCUT2D eigenvalue weighted by Gasteiger charge is 2.37. The van der Waals surface area contributed by atoms with Crippen molar-refractivity contribution in [3.63, 3.8) is 0 Å². The Morgan fingerprint density at radius 2 is 1.94 bits per heavy atom. The van der Waals surface area contributed by atoms with E-state index in [1.54, 1.807) is 15.6 Å². The fourth-order valence-corrected chi connectivity index (χ4v) is 5.25. The Morgan fingerprint density at radius 1 is 1.19 bits per heavy atom. The normalized spacial score (nSPS) is 21.6. The van der Waals surface area contributed by atoms with Gasteiger partial charge >= 0.3 is 0 Å². The van der Waals surface area contributed by atoms with Crippen molar-refractivity contribution in [1.29, 1.82) is 5.26 Å². The maximum atomic E-state index is 12.5. The standard InChI is InChI=1S/C26H30N8O2/c1-26(2)15-32(17-5-3-16(12-27)4-6-17)9-8-22(26)31-23-19(24(29)35)13-30-34-14-18(11-21(23)34)33-10-7-20(28)25(33)36/h3-6,11,13-14,20,22,31H,7-10,15,28H2,1-2H3,(H2,29,35)/t20-,22+/m0/s1. The number of nitrogens with two attached hydrogens (primary N) is 2. The molecule has 186 valence electrons. The van der Waals surface area contributed by atoms with Crippen LogP contribution in [0, 0.1) is 16.7 Å². The molecule has 2 aliphatic rings. The van der Waals surface area contributed by atoms with E-state index in [0.29, 0.717) is 41.0 Å². The van der Waals surface area contributed by atoms with E-state index in [1.807, 2.05) is 30.3 Å². The molecule has 5 N–H and O–H groups in total. The van der Waals surface area contributed by atoms with Crippen molar-refractivity contribution in [2.24, 2.45) is 16.9 Å². The van der Waals surface area contributed by atoms with Crippen LogP contribution in [0.5, 0.6) is 0 Å². The molecule has 0 radical (unpaired) electrons. The Hall–Kier alpha value is -4.10. The Morgan fingerprint density at radius 3 is 2.56 bits per heavy atom. The summed E-state index contributed by atoms with van der Waals surface area (Å²) in [5, 5.41) is 17.1. The zero-order valence-electron chi connectivity index (χ0n) is 20.4. The zero-order valence-corrected chi connectivity index (χ0v) is 20.4. The number of nitrogens with zero attached hydrogens (tertiary/aromatic N) is 5. The van der Waals surface area contributed by atoms with Crippen LogP contribution in [0.2, 0.25) is 0 Å². The van der Waals surface area contributed by atoms with Crippen molar-refractivity contribution >= 4 is 34.4 Å². The number of amides is 2. The lowest BCUT2D eigenvalue weighted by Crippen LogP contribution is -2.52. The van der Waals surface area contributed by atoms with Crippen LogP contribution in [0.3, 0.4) is 0 Å². The van der Waals surface area contributed by atoms with E-state index in [2.05, 4.69) is 35.2 Å². The number of fused-ring (bicyclic) bond motifs is 1. The smallest absolute Gasteiger partial charge is 0.252 e. The highest BCUT2D eigenvalue weighted by atomic mass is 16.2. The maximum absolute atomic E-state index is 12.5. The van der Waals surface area contributed by atoms with Crippen LogP contribution in [0.4, 0.5) is 17.1 Å². The molecule has 0 saturated carbocycles. The first-order valence-electron chi connectivity index (χ1n) is 12.1. The van der Waals surface area contributed by atoms with Gasteiger partial charge in [0.25, 0.3) is 5.91 Å². The van der Waals surface area contributed by atoms with Gasteiger partial charge in [-0.1, -0.05) is 13.8 Å². The molecule has 0 aliphatic carbocycles. The second-order valence-corrected chi connectivity index (χ2v) is 10.3. The van der Waals surface area contributed by atoms with Crippen LogP contribution in [0.25, 0.3) is 5.52 Å². The minimum atomic E-state index is -0.567. The van der Waals surface area contributed by atoms with Crippen molar-refractivity contribution in [3.8, 4) is 6.07 Å². The van der Waals surface area contributed by atoms with Crippen LogP contribution in [0.1, 0.15) is 42.6 Å². The van der Waals surface area contributed by atoms with Crippen molar-refractivity contribution in [2.75, 3.05) is 34.8 Å². The number of aromatic nitrogens is 2. The largest absolute Gasteiger partial charge is 0.379 e. The van der Waals surface area contributed by atoms with Gasteiger partial charge in [0, 0.05) is 36.8 Å². The van der Waals surface area contributed by atoms with E-state index >= 15 is 0 Å². The third-order valence-electron chi connectivity index (χ3n) is 7.36. The molecule has 2 saturated heterocycles. The van der Waals surface area contributed by atoms with E-state index in [9.17, 15) is 9.59 Å². The van der Waals surface area contributed by atoms with Crippen molar-refractivity contribution in [1.82, 2.24) is 9.61 Å². The molecule has 3 aromatic rings. The summed E-state index contributed by atoms with van der Waals surface area (Å²) in [6.45, 7) is 6.53. The molecular weight excluding hydrogens is 456 g/mol. The molecule has 1 aromatic carbocycles. The molecule has 36 heavy (non-hydrogen) atoms. The van der Waals surface area contributed by atoms with Crippen LogP contribution >= 0.6 is 0 Å². The second kappa shape index (κ2) is 8.84. The summed E-state index contributed by atoms with van der Waals surface area (Å²) in [4.78, 5) is 28.8. The number of anilines is 3. The Labute approximate surface area is 209 Å². The molecule has 2 amide bonds. The van der Waals surface area contributed by atoms with Gasteiger partial charge in [0.1, 0.15) is 0 Å². The van der Waals surface area contributed by atoms with Gasteiger partial charge in [-0.25, -0.2) is 4.52 Å². The lowest BCUT2D eigenvalue weighted by Gasteiger charge is -2.46. The number of rotatable bonds is 5. The number of carbonyl (C=O) groups is 2. The van der Waals surface area contributed by atoms with Gasteiger partial charge < -0.3 is 26.6 Å². The number of primary amides is 1. The van der Waals surface area contributed by atoms with E-state index < -0.39 is 11.9 Å². The quantitative estimate of drug-likeness (QED) is 0.500. The molecule has 2 aliphatic heterocycles. The fraction of sp³-hybridized carbons (Fsp3) is 0.385. The summed E-state index contributed by atoms with van der Waals surface area (Å²) in [6.07, 6.45) is 4.67. The van der Waals surface area contributed by atoms with Gasteiger partial charge in [-0.15, -0.1) is 0 Å². The molecule has 0 bridgehead atoms. The summed E-state index contributed by atoms with van der Waals surface area (Å²) in [6, 6.07) is 11.2. The van der Waals surface area contributed by atoms with Gasteiger partial charge in [0.05, 0.1) is 52.5 Å². The Kier molecular flexibility index (Phi) is 5.80. The van der Waals surface area contributed by atoms with Crippen LogP contribution < -0.4 is 26.6 Å². The Balaban J connectivity index is 1.44. The number of piperidine rings is 1. The first-order chi connectivity index (χ1) is 17.2. The summed E-state index contributed by atoms with van der Waals surface area (Å²) >= 11 is 0. The zero-order chi connectivity index (χ0) is 25.6. The first-order valence-corrected chi connectivity index (χ1v) is 12.1. The summed E-state index contributed by atoms with van der Waals surface area (Å²) in [7, 11) is 0. The third-order valence-corrected chi connectivity index (χ3v) is 7.36. The van der Waals surface area contributed by atoms with Gasteiger partial charge in [-0.05, 0) is 43.2 Å². The molecule has 0 unspecified atom stereocenters. The van der Waals surface area contributed by atoms with Crippen LogP contribution in [-0.4, -0.2) is 53.1 Å². The molecule has 0 spiro atoms. The van der Waals surface area contributed by atoms with E-state index in [4.69, 9.17) is 16.7 Å². The van der Waals surface area contributed by atoms with E-state index in [0.717, 1.165) is 25.2 Å². The van der Waals surface area contributed by atoms with Crippen LogP contribution in [0.15, 0.2) is 42.7 Å². The highest BCUT2D eigenvalue weighted by molar-refractivity contribution is 6.04. The maximum Gasteiger partial charge on any atom is 0.252 e. The molecule has 2 fully saturated rings. The predicted molar refractivity (Wildman–Crippen MR) is 138 cm³/mol. The van der Waals surface area contributed by atoms with Crippen molar-refractivity contribution in [3.05, 3.63) is 53.9 Å². The van der Waals surface area contributed by atoms with Crippen molar-refractivity contribution < 1.29 is 9.59 Å². The lowest BCUT2D eigenvalue weighted by atomic mass is 9.78. The number of benzene rings is 1. The van der Waals surface area contributed by atoms with E-state index in [-0.39, 0.29) is 17.4 Å². The number of hydrogen-bond acceptors (Lipinski definition) is 7. The summed E-state index contributed by atoms with van der Waals surface area (Å²) < 4.78 is 1.67. The number of hydrogen-bond donors (Lipinski definition) is 3. The molecule has 10 heteroatoms. The number of nitrogens with one attached hydrogen (secondary N) is 1. The minimum Gasteiger partial charge on any atom is -0.379 e. The SMILES string of the molecule is CC1(C)CN(c2ccc(C#N)cc2)CC[C@H]1Nc1c(C(N)=O)cnn2cc(N3CC[C@H](N)C3=O)cc12. The molecule has 2 atom stereocenters. The number of carbonyl (C=O) groups excluding carboxylic acids is 2. The highest BCUT2D eigenvalue weighted by Crippen LogP contribution is 2.37. The molecule has 2 aromatic heterocycles. The van der Waals surface area contributed by atoms with Gasteiger partial charge in [-0.3, -0.25) is 9.59 Å². The monoisotopic (exact) mass is 486 g/mol. The predicted octanol–water partition coefficient (Wildman–Crippen LogP) is 2.09. The Bertz CT molecular complexity index is 1370. The molecular formula is C26H30N8O2. The van der Waals surface area contributed by atoms with Gasteiger partial charge in [-0.2, -0.15) is 10.4 Å². The van der Waals surface area contributed by atoms with Crippen molar-refractivity contribution in [2.45, 2.75) is 38.8 Å². The summed E-state index contributed by atoms with van der Waals surface area (Å²) in [5.41, 5.74) is 15.5.